The number of aryl methyl sites for hydroxylation is 1. The number of hydrogen-bond acceptors (Lipinski definition) is 5. The Morgan fingerprint density at radius 2 is 2.00 bits per heavy atom. The molecule has 0 amide bonds. The van der Waals surface area contributed by atoms with E-state index >= 15 is 0 Å². The maximum atomic E-state index is 6.02. The van der Waals surface area contributed by atoms with E-state index < -0.39 is 0 Å². The minimum absolute atomic E-state index is 0.324. The minimum atomic E-state index is 0.324. The molecule has 0 bridgehead atoms. The molecule has 136 valence electrons. The third kappa shape index (κ3) is 4.93. The molecule has 0 saturated heterocycles. The van der Waals surface area contributed by atoms with Gasteiger partial charge in [-0.2, -0.15) is 0 Å². The number of H-pyrrole nitrogens is 1. The van der Waals surface area contributed by atoms with Crippen molar-refractivity contribution in [3.63, 3.8) is 0 Å². The number of benzene rings is 2. The molecule has 3 aromatic rings. The number of aromatic amines is 1. The quantitative estimate of drug-likeness (QED) is 0.547. The van der Waals surface area contributed by atoms with E-state index in [1.807, 2.05) is 50.2 Å². The zero-order chi connectivity index (χ0) is 18.4. The fourth-order valence-corrected chi connectivity index (χ4v) is 3.25. The lowest BCUT2D eigenvalue weighted by Gasteiger charge is -2.08. The van der Waals surface area contributed by atoms with Gasteiger partial charge < -0.3 is 9.47 Å². The van der Waals surface area contributed by atoms with Gasteiger partial charge in [0, 0.05) is 16.3 Å². The molecule has 3 rings (SSSR count). The summed E-state index contributed by atoms with van der Waals surface area (Å²) in [4.78, 5) is 4.46. The number of nitrogens with one attached hydrogen (secondary N) is 1. The van der Waals surface area contributed by atoms with Crippen LogP contribution in [-0.4, -0.2) is 21.8 Å². The van der Waals surface area contributed by atoms with Crippen LogP contribution in [0.25, 0.3) is 0 Å². The smallest absolute Gasteiger partial charge is 0.208 e. The highest BCUT2D eigenvalue weighted by Crippen LogP contribution is 2.26. The van der Waals surface area contributed by atoms with Gasteiger partial charge in [0.05, 0.1) is 6.61 Å². The van der Waals surface area contributed by atoms with Crippen LogP contribution in [0.3, 0.4) is 0 Å². The Labute approximate surface area is 162 Å². The molecule has 2 aromatic carbocycles. The van der Waals surface area contributed by atoms with Crippen LogP contribution in [0.5, 0.6) is 11.5 Å². The van der Waals surface area contributed by atoms with Gasteiger partial charge in [-0.15, -0.1) is 5.10 Å². The first kappa shape index (κ1) is 18.6. The fourth-order valence-electron chi connectivity index (χ4n) is 2.33. The topological polar surface area (TPSA) is 60.0 Å². The van der Waals surface area contributed by atoms with Crippen LogP contribution in [0.1, 0.15) is 23.9 Å². The summed E-state index contributed by atoms with van der Waals surface area (Å²) in [6, 6.07) is 13.6. The standard InChI is InChI=1S/C19H20ClN3O2S/c1-3-24-17-7-5-4-6-14(17)12-26-19-21-18(22-23-19)11-25-15-8-9-16(20)13(2)10-15/h4-10H,3,11-12H2,1-2H3,(H,21,22,23). The number of nitrogens with zero attached hydrogens (tertiary/aromatic N) is 2. The Morgan fingerprint density at radius 1 is 1.15 bits per heavy atom. The zero-order valence-corrected chi connectivity index (χ0v) is 16.2. The minimum Gasteiger partial charge on any atom is -0.494 e. The summed E-state index contributed by atoms with van der Waals surface area (Å²) in [5, 5.41) is 8.56. The molecule has 0 radical (unpaired) electrons. The highest BCUT2D eigenvalue weighted by Gasteiger charge is 2.08. The average Bonchev–Trinajstić information content (AvgIpc) is 3.10. The molecule has 0 fully saturated rings. The van der Waals surface area contributed by atoms with Gasteiger partial charge in [-0.25, -0.2) is 4.98 Å². The lowest BCUT2D eigenvalue weighted by molar-refractivity contribution is 0.296. The Balaban J connectivity index is 1.55. The van der Waals surface area contributed by atoms with Gasteiger partial charge in [-0.1, -0.05) is 41.6 Å². The van der Waals surface area contributed by atoms with Gasteiger partial charge in [-0.05, 0) is 43.7 Å². The Kier molecular flexibility index (Phi) is 6.41. The van der Waals surface area contributed by atoms with E-state index in [0.717, 1.165) is 33.4 Å². The highest BCUT2D eigenvalue weighted by atomic mass is 35.5. The van der Waals surface area contributed by atoms with E-state index in [9.17, 15) is 0 Å². The number of ether oxygens (including phenoxy) is 2. The molecule has 1 aromatic heterocycles. The second-order valence-corrected chi connectivity index (χ2v) is 6.94. The second-order valence-electron chi connectivity index (χ2n) is 5.59. The maximum Gasteiger partial charge on any atom is 0.208 e. The summed E-state index contributed by atoms with van der Waals surface area (Å²) < 4.78 is 11.4. The van der Waals surface area contributed by atoms with E-state index in [-0.39, 0.29) is 0 Å². The summed E-state index contributed by atoms with van der Waals surface area (Å²) in [5.74, 6) is 3.08. The largest absolute Gasteiger partial charge is 0.494 e. The average molecular weight is 390 g/mol. The molecule has 0 spiro atoms. The monoisotopic (exact) mass is 389 g/mol. The number of thioether (sulfide) groups is 1. The number of para-hydroxylation sites is 1. The molecule has 0 unspecified atom stereocenters. The molecule has 7 heteroatoms. The summed E-state index contributed by atoms with van der Waals surface area (Å²) in [5.41, 5.74) is 2.10. The van der Waals surface area contributed by atoms with E-state index in [1.54, 1.807) is 11.8 Å². The lowest BCUT2D eigenvalue weighted by Crippen LogP contribution is -1.98. The summed E-state index contributed by atoms with van der Waals surface area (Å²) in [6.45, 7) is 4.89. The van der Waals surface area contributed by atoms with Gasteiger partial charge in [0.2, 0.25) is 5.16 Å². The zero-order valence-electron chi connectivity index (χ0n) is 14.7. The molecule has 0 aliphatic rings. The van der Waals surface area contributed by atoms with Gasteiger partial charge in [-0.3, -0.25) is 5.10 Å². The van der Waals surface area contributed by atoms with Crippen molar-refractivity contribution in [3.8, 4) is 11.5 Å². The molecule has 0 aliphatic carbocycles. The van der Waals surface area contributed by atoms with Crippen LogP contribution >= 0.6 is 23.4 Å². The van der Waals surface area contributed by atoms with Gasteiger partial charge in [0.25, 0.3) is 0 Å². The third-order valence-electron chi connectivity index (χ3n) is 3.65. The maximum absolute atomic E-state index is 6.02. The molecule has 1 heterocycles. The number of hydrogen-bond donors (Lipinski definition) is 1. The number of halogens is 1. The predicted octanol–water partition coefficient (Wildman–Crippen LogP) is 5.04. The van der Waals surface area contributed by atoms with Crippen molar-refractivity contribution in [2.45, 2.75) is 31.4 Å². The molecule has 1 N–H and O–H groups in total. The van der Waals surface area contributed by atoms with Gasteiger partial charge in [0.1, 0.15) is 18.1 Å². The van der Waals surface area contributed by atoms with Crippen LogP contribution in [0.4, 0.5) is 0 Å². The summed E-state index contributed by atoms with van der Waals surface area (Å²) >= 11 is 7.58. The van der Waals surface area contributed by atoms with E-state index in [0.29, 0.717) is 24.2 Å². The van der Waals surface area contributed by atoms with Crippen molar-refractivity contribution in [1.29, 1.82) is 0 Å². The van der Waals surface area contributed by atoms with Crippen molar-refractivity contribution in [1.82, 2.24) is 15.2 Å². The van der Waals surface area contributed by atoms with Crippen LogP contribution < -0.4 is 9.47 Å². The van der Waals surface area contributed by atoms with E-state index in [2.05, 4.69) is 21.2 Å². The highest BCUT2D eigenvalue weighted by molar-refractivity contribution is 7.98. The predicted molar refractivity (Wildman–Crippen MR) is 104 cm³/mol. The molecular formula is C19H20ClN3O2S. The second kappa shape index (κ2) is 8.96. The van der Waals surface area contributed by atoms with Gasteiger partial charge in [0.15, 0.2) is 5.82 Å². The van der Waals surface area contributed by atoms with Crippen molar-refractivity contribution >= 4 is 23.4 Å². The lowest BCUT2D eigenvalue weighted by atomic mass is 10.2. The molecule has 0 aliphatic heterocycles. The Morgan fingerprint density at radius 3 is 2.81 bits per heavy atom. The molecule has 0 saturated carbocycles. The first-order valence-electron chi connectivity index (χ1n) is 8.29. The van der Waals surface area contributed by atoms with Crippen molar-refractivity contribution in [3.05, 3.63) is 64.4 Å². The van der Waals surface area contributed by atoms with E-state index in [1.165, 1.54) is 0 Å². The Hall–Kier alpha value is -2.18. The Bertz CT molecular complexity index is 869. The van der Waals surface area contributed by atoms with E-state index in [4.69, 9.17) is 21.1 Å². The van der Waals surface area contributed by atoms with Crippen LogP contribution in [0.2, 0.25) is 5.02 Å². The van der Waals surface area contributed by atoms with Crippen molar-refractivity contribution in [2.75, 3.05) is 6.61 Å². The number of rotatable bonds is 8. The molecule has 0 atom stereocenters. The first-order valence-corrected chi connectivity index (χ1v) is 9.65. The molecule has 26 heavy (non-hydrogen) atoms. The van der Waals surface area contributed by atoms with Gasteiger partial charge >= 0.3 is 0 Å². The van der Waals surface area contributed by atoms with Crippen LogP contribution in [0, 0.1) is 6.92 Å². The number of aromatic nitrogens is 3. The van der Waals surface area contributed by atoms with Crippen molar-refractivity contribution in [2.24, 2.45) is 0 Å². The SMILES string of the molecule is CCOc1ccccc1CSc1n[nH]c(COc2ccc(Cl)c(C)c2)n1. The summed E-state index contributed by atoms with van der Waals surface area (Å²) in [7, 11) is 0. The first-order chi connectivity index (χ1) is 12.7. The van der Waals surface area contributed by atoms with Crippen LogP contribution in [-0.2, 0) is 12.4 Å². The van der Waals surface area contributed by atoms with Crippen molar-refractivity contribution < 1.29 is 9.47 Å². The third-order valence-corrected chi connectivity index (χ3v) is 4.97. The van der Waals surface area contributed by atoms with Crippen LogP contribution in [0.15, 0.2) is 47.6 Å². The molecule has 5 nitrogen and oxygen atoms in total. The molecular weight excluding hydrogens is 370 g/mol. The normalized spacial score (nSPS) is 10.7. The fraction of sp³-hybridized carbons (Fsp3) is 0.263. The summed E-state index contributed by atoms with van der Waals surface area (Å²) in [6.07, 6.45) is 0.